The summed E-state index contributed by atoms with van der Waals surface area (Å²) < 4.78 is 7.07. The van der Waals surface area contributed by atoms with Crippen molar-refractivity contribution in [2.24, 2.45) is 0 Å². The van der Waals surface area contributed by atoms with E-state index in [4.69, 9.17) is 9.62 Å². The predicted molar refractivity (Wildman–Crippen MR) is 91.5 cm³/mol. The SMILES string of the molecule is Cc1oncc1CN(C)C1CN(c2ccc3nnc(C4CC4)n3n2)C1. The van der Waals surface area contributed by atoms with E-state index in [0.717, 1.165) is 48.2 Å². The molecule has 0 spiro atoms. The largest absolute Gasteiger partial charge is 0.361 e. The normalized spacial score (nSPS) is 18.3. The Morgan fingerprint density at radius 1 is 1.24 bits per heavy atom. The molecule has 1 aliphatic heterocycles. The molecule has 1 saturated carbocycles. The highest BCUT2D eigenvalue weighted by Crippen LogP contribution is 2.38. The van der Waals surface area contributed by atoms with Gasteiger partial charge in [0.25, 0.3) is 0 Å². The average molecular weight is 339 g/mol. The molecule has 3 aromatic heterocycles. The van der Waals surface area contributed by atoms with Gasteiger partial charge in [-0.1, -0.05) is 5.16 Å². The van der Waals surface area contributed by atoms with Crippen LogP contribution in [0.2, 0.25) is 0 Å². The van der Waals surface area contributed by atoms with Crippen LogP contribution in [-0.2, 0) is 6.54 Å². The smallest absolute Gasteiger partial charge is 0.178 e. The molecule has 25 heavy (non-hydrogen) atoms. The lowest BCUT2D eigenvalue weighted by Gasteiger charge is -2.44. The van der Waals surface area contributed by atoms with Gasteiger partial charge in [0, 0.05) is 37.2 Å². The molecule has 2 aliphatic rings. The summed E-state index contributed by atoms with van der Waals surface area (Å²) >= 11 is 0. The monoisotopic (exact) mass is 339 g/mol. The van der Waals surface area contributed by atoms with Crippen LogP contribution in [0.25, 0.3) is 5.65 Å². The average Bonchev–Trinajstić information content (AvgIpc) is 3.20. The van der Waals surface area contributed by atoms with E-state index in [1.165, 1.54) is 12.8 Å². The Bertz CT molecular complexity index is 907. The summed E-state index contributed by atoms with van der Waals surface area (Å²) in [4.78, 5) is 4.65. The minimum atomic E-state index is 0.510. The Labute approximate surface area is 145 Å². The molecule has 130 valence electrons. The quantitative estimate of drug-likeness (QED) is 0.699. The van der Waals surface area contributed by atoms with Crippen LogP contribution in [-0.4, -0.2) is 56.0 Å². The standard InChI is InChI=1S/C17H21N7O/c1-11-13(7-18-25-11)8-22(2)14-9-23(10-14)16-6-5-15-19-20-17(12-3-4-12)24(15)21-16/h5-7,12,14H,3-4,8-10H2,1-2H3. The molecule has 4 heterocycles. The summed E-state index contributed by atoms with van der Waals surface area (Å²) in [5, 5.41) is 17.2. The number of rotatable bonds is 5. The molecular formula is C17H21N7O. The first-order valence-electron chi connectivity index (χ1n) is 8.77. The van der Waals surface area contributed by atoms with Crippen LogP contribution in [0.4, 0.5) is 5.82 Å². The van der Waals surface area contributed by atoms with E-state index in [9.17, 15) is 0 Å². The summed E-state index contributed by atoms with van der Waals surface area (Å²) in [7, 11) is 2.15. The van der Waals surface area contributed by atoms with Crippen molar-refractivity contribution in [1.29, 1.82) is 0 Å². The molecule has 5 rings (SSSR count). The van der Waals surface area contributed by atoms with Crippen molar-refractivity contribution < 1.29 is 4.52 Å². The van der Waals surface area contributed by atoms with Gasteiger partial charge in [-0.05, 0) is 38.9 Å². The second-order valence-corrected chi connectivity index (χ2v) is 7.18. The van der Waals surface area contributed by atoms with Gasteiger partial charge >= 0.3 is 0 Å². The van der Waals surface area contributed by atoms with Gasteiger partial charge in [-0.2, -0.15) is 4.52 Å². The van der Waals surface area contributed by atoms with Crippen LogP contribution in [0, 0.1) is 6.92 Å². The van der Waals surface area contributed by atoms with Crippen molar-refractivity contribution in [3.8, 4) is 0 Å². The van der Waals surface area contributed by atoms with E-state index in [1.807, 2.05) is 29.8 Å². The second-order valence-electron chi connectivity index (χ2n) is 7.18. The Kier molecular flexibility index (Phi) is 3.27. The molecule has 0 unspecified atom stereocenters. The molecule has 8 nitrogen and oxygen atoms in total. The third-order valence-electron chi connectivity index (χ3n) is 5.30. The van der Waals surface area contributed by atoms with E-state index in [0.29, 0.717) is 12.0 Å². The van der Waals surface area contributed by atoms with Gasteiger partial charge in [0.1, 0.15) is 11.6 Å². The van der Waals surface area contributed by atoms with Gasteiger partial charge < -0.3 is 9.42 Å². The third kappa shape index (κ3) is 2.57. The first-order chi connectivity index (χ1) is 12.2. The van der Waals surface area contributed by atoms with Crippen LogP contribution in [0.15, 0.2) is 22.9 Å². The van der Waals surface area contributed by atoms with E-state index in [1.54, 1.807) is 0 Å². The molecule has 0 amide bonds. The zero-order chi connectivity index (χ0) is 17.0. The van der Waals surface area contributed by atoms with Crippen LogP contribution in [0.3, 0.4) is 0 Å². The molecule has 1 saturated heterocycles. The van der Waals surface area contributed by atoms with Crippen LogP contribution >= 0.6 is 0 Å². The highest BCUT2D eigenvalue weighted by molar-refractivity contribution is 5.48. The molecule has 0 atom stereocenters. The fourth-order valence-electron chi connectivity index (χ4n) is 3.35. The first kappa shape index (κ1) is 14.8. The second kappa shape index (κ2) is 5.52. The predicted octanol–water partition coefficient (Wildman–Crippen LogP) is 1.62. The lowest BCUT2D eigenvalue weighted by molar-refractivity contribution is 0.195. The highest BCUT2D eigenvalue weighted by Gasteiger charge is 2.33. The van der Waals surface area contributed by atoms with Crippen LogP contribution in [0.5, 0.6) is 0 Å². The van der Waals surface area contributed by atoms with E-state index in [2.05, 4.69) is 32.2 Å². The van der Waals surface area contributed by atoms with Gasteiger partial charge in [-0.3, -0.25) is 4.90 Å². The molecule has 8 heteroatoms. The zero-order valence-corrected chi connectivity index (χ0v) is 14.5. The zero-order valence-electron chi connectivity index (χ0n) is 14.5. The topological polar surface area (TPSA) is 75.6 Å². The number of likely N-dealkylation sites (N-methyl/N-ethyl adjacent to an activating group) is 1. The maximum Gasteiger partial charge on any atom is 0.178 e. The van der Waals surface area contributed by atoms with Crippen LogP contribution in [0.1, 0.15) is 35.9 Å². The van der Waals surface area contributed by atoms with Gasteiger partial charge in [0.15, 0.2) is 11.5 Å². The molecular weight excluding hydrogens is 318 g/mol. The number of hydrogen-bond donors (Lipinski definition) is 0. The fraction of sp³-hybridized carbons (Fsp3) is 0.529. The van der Waals surface area contributed by atoms with Crippen molar-refractivity contribution >= 4 is 11.5 Å². The fourth-order valence-corrected chi connectivity index (χ4v) is 3.35. The van der Waals surface area contributed by atoms with Crippen molar-refractivity contribution in [3.63, 3.8) is 0 Å². The maximum absolute atomic E-state index is 5.14. The third-order valence-corrected chi connectivity index (χ3v) is 5.30. The molecule has 0 bridgehead atoms. The number of aromatic nitrogens is 5. The molecule has 1 aliphatic carbocycles. The highest BCUT2D eigenvalue weighted by atomic mass is 16.5. The van der Waals surface area contributed by atoms with E-state index in [-0.39, 0.29) is 0 Å². The molecule has 0 radical (unpaired) electrons. The van der Waals surface area contributed by atoms with Crippen molar-refractivity contribution in [3.05, 3.63) is 35.5 Å². The summed E-state index contributed by atoms with van der Waals surface area (Å²) in [6, 6.07) is 4.57. The van der Waals surface area contributed by atoms with Crippen molar-refractivity contribution in [2.45, 2.75) is 38.3 Å². The van der Waals surface area contributed by atoms with Gasteiger partial charge in [-0.15, -0.1) is 15.3 Å². The number of nitrogens with zero attached hydrogens (tertiary/aromatic N) is 7. The minimum absolute atomic E-state index is 0.510. The first-order valence-corrected chi connectivity index (χ1v) is 8.77. The lowest BCUT2D eigenvalue weighted by Crippen LogP contribution is -2.58. The Morgan fingerprint density at radius 2 is 2.08 bits per heavy atom. The molecule has 2 fully saturated rings. The number of aryl methyl sites for hydroxylation is 1. The summed E-state index contributed by atoms with van der Waals surface area (Å²) in [5.41, 5.74) is 1.99. The number of fused-ring (bicyclic) bond motifs is 1. The van der Waals surface area contributed by atoms with Gasteiger partial charge in [0.2, 0.25) is 0 Å². The molecule has 0 aromatic carbocycles. The summed E-state index contributed by atoms with van der Waals surface area (Å²) in [5.74, 6) is 3.45. The van der Waals surface area contributed by atoms with Crippen molar-refractivity contribution in [2.75, 3.05) is 25.0 Å². The Hall–Kier alpha value is -2.48. The Morgan fingerprint density at radius 3 is 2.80 bits per heavy atom. The molecule has 0 N–H and O–H groups in total. The van der Waals surface area contributed by atoms with Crippen LogP contribution < -0.4 is 4.90 Å². The number of anilines is 1. The Balaban J connectivity index is 1.27. The van der Waals surface area contributed by atoms with E-state index >= 15 is 0 Å². The molecule has 3 aromatic rings. The van der Waals surface area contributed by atoms with Gasteiger partial charge in [0.05, 0.1) is 6.20 Å². The maximum atomic E-state index is 5.14. The van der Waals surface area contributed by atoms with Crippen molar-refractivity contribution in [1.82, 2.24) is 29.9 Å². The number of hydrogen-bond acceptors (Lipinski definition) is 7. The minimum Gasteiger partial charge on any atom is -0.361 e. The summed E-state index contributed by atoms with van der Waals surface area (Å²) in [6.45, 7) is 4.76. The van der Waals surface area contributed by atoms with Gasteiger partial charge in [-0.25, -0.2) is 0 Å². The summed E-state index contributed by atoms with van der Waals surface area (Å²) in [6.07, 6.45) is 4.21. The lowest BCUT2D eigenvalue weighted by atomic mass is 10.1. The van der Waals surface area contributed by atoms with E-state index < -0.39 is 0 Å².